The number of nitrogens with two attached hydrogens (primary N) is 3. The molecule has 2 amide bonds. The van der Waals surface area contributed by atoms with Crippen molar-refractivity contribution < 1.29 is 4.79 Å². The fourth-order valence-corrected chi connectivity index (χ4v) is 0. The summed E-state index contributed by atoms with van der Waals surface area (Å²) in [6.45, 7) is 0. The number of thiol groups is 1. The fourth-order valence-electron chi connectivity index (χ4n) is 0. The monoisotopic (exact) mass is 136 g/mol. The number of amides is 2. The molecule has 0 aromatic heterocycles. The number of hydrogen-bond donors (Lipinski definition) is 5. The van der Waals surface area contributed by atoms with Gasteiger partial charge >= 0.3 is 6.03 Å². The summed E-state index contributed by atoms with van der Waals surface area (Å²) in [5.74, 6) is 0. The molecule has 0 spiro atoms. The summed E-state index contributed by atoms with van der Waals surface area (Å²) < 4.78 is 0. The van der Waals surface area contributed by atoms with Gasteiger partial charge in [-0.2, -0.15) is 0 Å². The van der Waals surface area contributed by atoms with Gasteiger partial charge in [0.05, 0.1) is 0 Å². The highest BCUT2D eigenvalue weighted by atomic mass is 32.1. The first kappa shape index (κ1) is 10.1. The van der Waals surface area contributed by atoms with Crippen molar-refractivity contribution in [2.45, 2.75) is 0 Å². The van der Waals surface area contributed by atoms with Crippen LogP contribution in [0.5, 0.6) is 0 Å². The number of nitrogens with one attached hydrogen (secondary N) is 1. The van der Waals surface area contributed by atoms with Crippen LogP contribution >= 0.6 is 12.6 Å². The van der Waals surface area contributed by atoms with Crippen LogP contribution in [-0.4, -0.2) is 11.2 Å². The third-order valence-electron chi connectivity index (χ3n) is 0. The first-order valence-corrected chi connectivity index (χ1v) is 1.99. The molecule has 0 radical (unpaired) electrons. The van der Waals surface area contributed by atoms with Crippen molar-refractivity contribution in [2.75, 3.05) is 0 Å². The summed E-state index contributed by atoms with van der Waals surface area (Å²) in [5.41, 5.74) is 13.1. The Hall–Kier alpha value is -0.910. The SMILES string of the molecule is N=C(N)S.NC(N)=O. The normalized spacial score (nSPS) is 6.12. The van der Waals surface area contributed by atoms with Crippen LogP contribution in [0.4, 0.5) is 4.79 Å². The number of urea groups is 1. The lowest BCUT2D eigenvalue weighted by atomic mass is 11.2. The van der Waals surface area contributed by atoms with Crippen LogP contribution in [0.2, 0.25) is 0 Å². The van der Waals surface area contributed by atoms with E-state index in [1.165, 1.54) is 0 Å². The van der Waals surface area contributed by atoms with E-state index in [0.717, 1.165) is 0 Å². The molecular formula is C2H8N4OS. The maximum absolute atomic E-state index is 9.00. The Morgan fingerprint density at radius 3 is 1.38 bits per heavy atom. The molecular weight excluding hydrogens is 128 g/mol. The van der Waals surface area contributed by atoms with Crippen LogP contribution in [-0.2, 0) is 0 Å². The Morgan fingerprint density at radius 1 is 1.38 bits per heavy atom. The van der Waals surface area contributed by atoms with Gasteiger partial charge in [-0.3, -0.25) is 5.41 Å². The Morgan fingerprint density at radius 2 is 1.38 bits per heavy atom. The molecule has 0 aromatic carbocycles. The van der Waals surface area contributed by atoms with Gasteiger partial charge in [0.15, 0.2) is 0 Å². The zero-order valence-corrected chi connectivity index (χ0v) is 4.98. The van der Waals surface area contributed by atoms with E-state index in [0.29, 0.717) is 0 Å². The third kappa shape index (κ3) is 103. The maximum atomic E-state index is 9.00. The third-order valence-corrected chi connectivity index (χ3v) is 0. The van der Waals surface area contributed by atoms with Gasteiger partial charge in [-0.05, 0) is 0 Å². The molecule has 0 rings (SSSR count). The molecule has 0 saturated carbocycles. The van der Waals surface area contributed by atoms with E-state index in [2.05, 4.69) is 29.8 Å². The molecule has 0 unspecified atom stereocenters. The minimum Gasteiger partial charge on any atom is -0.379 e. The molecule has 0 atom stereocenters. The first-order valence-electron chi connectivity index (χ1n) is 1.54. The van der Waals surface area contributed by atoms with E-state index in [1.807, 2.05) is 0 Å². The predicted molar refractivity (Wildman–Crippen MR) is 34.7 cm³/mol. The van der Waals surface area contributed by atoms with Crippen LogP contribution in [0.15, 0.2) is 0 Å². The van der Waals surface area contributed by atoms with E-state index in [-0.39, 0.29) is 5.17 Å². The lowest BCUT2D eigenvalue weighted by Crippen LogP contribution is -2.18. The molecule has 5 nitrogen and oxygen atoms in total. The van der Waals surface area contributed by atoms with Gasteiger partial charge in [0.2, 0.25) is 0 Å². The average molecular weight is 136 g/mol. The van der Waals surface area contributed by atoms with Gasteiger partial charge in [0.1, 0.15) is 5.17 Å². The summed E-state index contributed by atoms with van der Waals surface area (Å²) in [7, 11) is 0. The fraction of sp³-hybridized carbons (Fsp3) is 0. The molecule has 7 N–H and O–H groups in total. The Bertz CT molecular complexity index is 72.0. The molecule has 0 saturated heterocycles. The first-order chi connectivity index (χ1) is 3.46. The molecule has 0 aliphatic heterocycles. The molecule has 0 fully saturated rings. The quantitative estimate of drug-likeness (QED) is 0.164. The lowest BCUT2D eigenvalue weighted by Gasteiger charge is -1.65. The molecule has 0 aromatic rings. The van der Waals surface area contributed by atoms with Crippen molar-refractivity contribution in [1.82, 2.24) is 0 Å². The number of carbonyl (C=O) groups is 1. The van der Waals surface area contributed by atoms with Crippen molar-refractivity contribution in [3.05, 3.63) is 0 Å². The van der Waals surface area contributed by atoms with Crippen LogP contribution in [0, 0.1) is 5.41 Å². The predicted octanol–water partition coefficient (Wildman–Crippen LogP) is -1.17. The largest absolute Gasteiger partial charge is 0.379 e. The summed E-state index contributed by atoms with van der Waals surface area (Å²) in [6.07, 6.45) is 0. The van der Waals surface area contributed by atoms with E-state index >= 15 is 0 Å². The zero-order chi connectivity index (χ0) is 7.15. The molecule has 0 heterocycles. The van der Waals surface area contributed by atoms with E-state index in [9.17, 15) is 0 Å². The van der Waals surface area contributed by atoms with Crippen molar-refractivity contribution in [1.29, 1.82) is 5.41 Å². The van der Waals surface area contributed by atoms with Gasteiger partial charge in [-0.1, -0.05) is 0 Å². The Balaban J connectivity index is 0. The van der Waals surface area contributed by atoms with Gasteiger partial charge < -0.3 is 17.2 Å². The smallest absolute Gasteiger partial charge is 0.309 e. The van der Waals surface area contributed by atoms with Crippen LogP contribution in [0.1, 0.15) is 0 Å². The van der Waals surface area contributed by atoms with Gasteiger partial charge in [0.25, 0.3) is 0 Å². The summed E-state index contributed by atoms with van der Waals surface area (Å²) in [5, 5.41) is 6.00. The van der Waals surface area contributed by atoms with Crippen LogP contribution in [0.3, 0.4) is 0 Å². The Labute approximate surface area is 52.1 Å². The molecule has 0 bridgehead atoms. The van der Waals surface area contributed by atoms with E-state index in [1.54, 1.807) is 0 Å². The number of hydrogen-bond acceptors (Lipinski definition) is 2. The second kappa shape index (κ2) is 6.09. The number of rotatable bonds is 0. The molecule has 0 aliphatic rings. The van der Waals surface area contributed by atoms with Gasteiger partial charge in [-0.15, -0.1) is 12.6 Å². The summed E-state index contributed by atoms with van der Waals surface area (Å²) in [4.78, 5) is 9.00. The average Bonchev–Trinajstić information content (AvgIpc) is 1.25. The lowest BCUT2D eigenvalue weighted by molar-refractivity contribution is 0.256. The minimum atomic E-state index is -0.833. The van der Waals surface area contributed by atoms with Crippen molar-refractivity contribution in [2.24, 2.45) is 17.2 Å². The molecule has 8 heavy (non-hydrogen) atoms. The zero-order valence-electron chi connectivity index (χ0n) is 4.09. The highest BCUT2D eigenvalue weighted by Gasteiger charge is 1.60. The number of carbonyl (C=O) groups excluding carboxylic acids is 1. The van der Waals surface area contributed by atoms with Crippen LogP contribution in [0.25, 0.3) is 0 Å². The Kier molecular flexibility index (Phi) is 7.73. The van der Waals surface area contributed by atoms with Gasteiger partial charge in [0, 0.05) is 0 Å². The van der Waals surface area contributed by atoms with Crippen molar-refractivity contribution in [3.63, 3.8) is 0 Å². The standard InChI is InChI=1S/CH4N2O.CH4N2S/c2*2-1(3)4/h2*(H4,2,3,4). The molecule has 48 valence electrons. The number of primary amides is 2. The topological polar surface area (TPSA) is 119 Å². The second-order valence-corrected chi connectivity index (χ2v) is 1.27. The molecule has 0 aliphatic carbocycles. The highest BCUT2D eigenvalue weighted by molar-refractivity contribution is 7.96. The van der Waals surface area contributed by atoms with E-state index < -0.39 is 6.03 Å². The van der Waals surface area contributed by atoms with Crippen molar-refractivity contribution >= 4 is 23.8 Å². The number of amidine groups is 1. The molecule has 6 heteroatoms. The minimum absolute atomic E-state index is 0.139. The van der Waals surface area contributed by atoms with Gasteiger partial charge in [-0.25, -0.2) is 4.79 Å². The summed E-state index contributed by atoms with van der Waals surface area (Å²) >= 11 is 3.33. The van der Waals surface area contributed by atoms with Crippen LogP contribution < -0.4 is 17.2 Å². The maximum Gasteiger partial charge on any atom is 0.309 e. The van der Waals surface area contributed by atoms with Crippen molar-refractivity contribution in [3.8, 4) is 0 Å². The second-order valence-electron chi connectivity index (χ2n) is 0.788. The highest BCUT2D eigenvalue weighted by Crippen LogP contribution is 1.56. The van der Waals surface area contributed by atoms with E-state index in [4.69, 9.17) is 10.2 Å². The summed E-state index contributed by atoms with van der Waals surface area (Å²) in [6, 6.07) is -0.833.